The number of hydrogen-bond acceptors (Lipinski definition) is 4. The molecule has 0 aromatic carbocycles. The molecule has 2 atom stereocenters. The van der Waals surface area contributed by atoms with E-state index in [-0.39, 0.29) is 6.04 Å². The molecule has 2 N–H and O–H groups in total. The van der Waals surface area contributed by atoms with Crippen LogP contribution in [0.3, 0.4) is 0 Å². The van der Waals surface area contributed by atoms with Crippen molar-refractivity contribution in [2.45, 2.75) is 45.1 Å². The number of aromatic nitrogens is 4. The van der Waals surface area contributed by atoms with Crippen LogP contribution >= 0.6 is 0 Å². The molecule has 90 valence electrons. The van der Waals surface area contributed by atoms with Crippen molar-refractivity contribution in [2.24, 2.45) is 5.73 Å². The largest absolute Gasteiger partial charge is 0.327 e. The molecule has 2 aromatic rings. The number of aryl methyl sites for hydroxylation is 2. The Hall–Kier alpha value is -1.49. The molecule has 0 bridgehead atoms. The van der Waals surface area contributed by atoms with Gasteiger partial charge in [-0.3, -0.25) is 4.40 Å². The van der Waals surface area contributed by atoms with Crippen molar-refractivity contribution in [3.63, 3.8) is 0 Å². The monoisotopic (exact) mass is 231 g/mol. The van der Waals surface area contributed by atoms with Crippen LogP contribution in [0.5, 0.6) is 0 Å². The second-order valence-electron chi connectivity index (χ2n) is 4.93. The van der Waals surface area contributed by atoms with Gasteiger partial charge in [0, 0.05) is 23.3 Å². The van der Waals surface area contributed by atoms with Crippen molar-refractivity contribution in [1.82, 2.24) is 19.6 Å². The fraction of sp³-hybridized carbons (Fsp3) is 0.583. The fourth-order valence-electron chi connectivity index (χ4n) is 2.80. The van der Waals surface area contributed by atoms with E-state index in [9.17, 15) is 0 Å². The summed E-state index contributed by atoms with van der Waals surface area (Å²) < 4.78 is 2.04. The molecule has 0 saturated heterocycles. The minimum atomic E-state index is 0.211. The standard InChI is InChI=1S/C12H17N5/c1-7-6-8(2)17-11(15-16-12(17)14-7)9-4-3-5-10(9)13/h6,9-10H,3-5,13H2,1-2H3. The first-order chi connectivity index (χ1) is 8.16. The molecule has 0 aliphatic heterocycles. The Labute approximate surface area is 100 Å². The summed E-state index contributed by atoms with van der Waals surface area (Å²) >= 11 is 0. The van der Waals surface area contributed by atoms with Crippen LogP contribution in [0.25, 0.3) is 5.78 Å². The van der Waals surface area contributed by atoms with Gasteiger partial charge in [-0.15, -0.1) is 10.2 Å². The lowest BCUT2D eigenvalue weighted by atomic mass is 10.0. The molecule has 1 saturated carbocycles. The Bertz CT molecular complexity index is 559. The van der Waals surface area contributed by atoms with Crippen LogP contribution in [0.2, 0.25) is 0 Å². The van der Waals surface area contributed by atoms with Gasteiger partial charge in [-0.25, -0.2) is 4.98 Å². The Morgan fingerprint density at radius 1 is 1.29 bits per heavy atom. The zero-order chi connectivity index (χ0) is 12.0. The van der Waals surface area contributed by atoms with E-state index in [1.54, 1.807) is 0 Å². The molecular weight excluding hydrogens is 214 g/mol. The van der Waals surface area contributed by atoms with E-state index < -0.39 is 0 Å². The number of hydrogen-bond donors (Lipinski definition) is 1. The van der Waals surface area contributed by atoms with Crippen molar-refractivity contribution < 1.29 is 0 Å². The molecule has 1 aliphatic rings. The van der Waals surface area contributed by atoms with Gasteiger partial charge >= 0.3 is 0 Å². The van der Waals surface area contributed by atoms with Gasteiger partial charge in [-0.1, -0.05) is 6.42 Å². The van der Waals surface area contributed by atoms with E-state index in [0.29, 0.717) is 11.7 Å². The average molecular weight is 231 g/mol. The van der Waals surface area contributed by atoms with Crippen LogP contribution in [0.4, 0.5) is 0 Å². The van der Waals surface area contributed by atoms with Crippen molar-refractivity contribution >= 4 is 5.78 Å². The summed E-state index contributed by atoms with van der Waals surface area (Å²) in [5, 5.41) is 8.47. The lowest BCUT2D eigenvalue weighted by Gasteiger charge is -2.14. The van der Waals surface area contributed by atoms with Crippen molar-refractivity contribution in [3.8, 4) is 0 Å². The summed E-state index contributed by atoms with van der Waals surface area (Å²) in [5.41, 5.74) is 8.25. The summed E-state index contributed by atoms with van der Waals surface area (Å²) in [7, 11) is 0. The average Bonchev–Trinajstić information content (AvgIpc) is 2.83. The Kier molecular flexibility index (Phi) is 2.36. The van der Waals surface area contributed by atoms with Gasteiger partial charge in [0.2, 0.25) is 0 Å². The van der Waals surface area contributed by atoms with Crippen molar-refractivity contribution in [2.75, 3.05) is 0 Å². The summed E-state index contributed by atoms with van der Waals surface area (Å²) in [4.78, 5) is 4.40. The van der Waals surface area contributed by atoms with E-state index in [0.717, 1.165) is 30.1 Å². The molecule has 2 aromatic heterocycles. The molecule has 5 heteroatoms. The highest BCUT2D eigenvalue weighted by molar-refractivity contribution is 5.33. The Morgan fingerprint density at radius 3 is 2.82 bits per heavy atom. The van der Waals surface area contributed by atoms with Crippen LogP contribution in [0.1, 0.15) is 42.4 Å². The van der Waals surface area contributed by atoms with Crippen LogP contribution in [0, 0.1) is 13.8 Å². The first-order valence-corrected chi connectivity index (χ1v) is 6.11. The molecule has 0 amide bonds. The molecule has 2 heterocycles. The molecular formula is C12H17N5. The number of nitrogens with two attached hydrogens (primary N) is 1. The van der Waals surface area contributed by atoms with E-state index >= 15 is 0 Å². The lowest BCUT2D eigenvalue weighted by Crippen LogP contribution is -2.24. The SMILES string of the molecule is Cc1cc(C)n2c(C3CCCC3N)nnc2n1. The summed E-state index contributed by atoms with van der Waals surface area (Å²) in [6, 6.07) is 2.27. The maximum Gasteiger partial charge on any atom is 0.255 e. The molecule has 5 nitrogen and oxygen atoms in total. The summed E-state index contributed by atoms with van der Waals surface area (Å²) in [6.07, 6.45) is 3.37. The third kappa shape index (κ3) is 1.61. The van der Waals surface area contributed by atoms with Gasteiger partial charge < -0.3 is 5.73 Å². The first kappa shape index (κ1) is 10.7. The maximum absolute atomic E-state index is 6.14. The van der Waals surface area contributed by atoms with Gasteiger partial charge in [-0.05, 0) is 32.8 Å². The van der Waals surface area contributed by atoms with Gasteiger partial charge in [0.15, 0.2) is 0 Å². The predicted octanol–water partition coefficient (Wildman–Crippen LogP) is 1.34. The summed E-state index contributed by atoms with van der Waals surface area (Å²) in [6.45, 7) is 4.04. The molecule has 3 rings (SSSR count). The normalized spacial score (nSPS) is 24.6. The lowest BCUT2D eigenvalue weighted by molar-refractivity contribution is 0.573. The highest BCUT2D eigenvalue weighted by Crippen LogP contribution is 2.32. The Balaban J connectivity index is 2.17. The Morgan fingerprint density at radius 2 is 2.12 bits per heavy atom. The highest BCUT2D eigenvalue weighted by atomic mass is 15.3. The quantitative estimate of drug-likeness (QED) is 0.804. The van der Waals surface area contributed by atoms with E-state index in [2.05, 4.69) is 28.2 Å². The number of nitrogens with zero attached hydrogens (tertiary/aromatic N) is 4. The van der Waals surface area contributed by atoms with Crippen LogP contribution < -0.4 is 5.73 Å². The first-order valence-electron chi connectivity index (χ1n) is 6.11. The third-order valence-electron chi connectivity index (χ3n) is 3.62. The van der Waals surface area contributed by atoms with Crippen LogP contribution in [0.15, 0.2) is 6.07 Å². The van der Waals surface area contributed by atoms with Crippen LogP contribution in [-0.2, 0) is 0 Å². The van der Waals surface area contributed by atoms with Crippen molar-refractivity contribution in [1.29, 1.82) is 0 Å². The molecule has 0 spiro atoms. The van der Waals surface area contributed by atoms with Gasteiger partial charge in [0.25, 0.3) is 5.78 Å². The molecule has 17 heavy (non-hydrogen) atoms. The molecule has 0 radical (unpaired) electrons. The van der Waals surface area contributed by atoms with E-state index in [1.165, 1.54) is 6.42 Å². The van der Waals surface area contributed by atoms with Crippen molar-refractivity contribution in [3.05, 3.63) is 23.3 Å². The minimum absolute atomic E-state index is 0.211. The minimum Gasteiger partial charge on any atom is -0.327 e. The number of fused-ring (bicyclic) bond motifs is 1. The van der Waals surface area contributed by atoms with E-state index in [4.69, 9.17) is 5.73 Å². The number of rotatable bonds is 1. The van der Waals surface area contributed by atoms with Crippen LogP contribution in [-0.4, -0.2) is 25.6 Å². The third-order valence-corrected chi connectivity index (χ3v) is 3.62. The second kappa shape index (κ2) is 3.77. The maximum atomic E-state index is 6.14. The molecule has 2 unspecified atom stereocenters. The van der Waals surface area contributed by atoms with Gasteiger partial charge in [-0.2, -0.15) is 0 Å². The topological polar surface area (TPSA) is 69.1 Å². The van der Waals surface area contributed by atoms with Gasteiger partial charge in [0.1, 0.15) is 5.82 Å². The predicted molar refractivity (Wildman–Crippen MR) is 64.8 cm³/mol. The zero-order valence-corrected chi connectivity index (χ0v) is 10.2. The smallest absolute Gasteiger partial charge is 0.255 e. The zero-order valence-electron chi connectivity index (χ0n) is 10.2. The summed E-state index contributed by atoms with van der Waals surface area (Å²) in [5.74, 6) is 2.00. The molecule has 1 fully saturated rings. The van der Waals surface area contributed by atoms with E-state index in [1.807, 2.05) is 11.3 Å². The fourth-order valence-corrected chi connectivity index (χ4v) is 2.80. The second-order valence-corrected chi connectivity index (χ2v) is 4.93. The highest BCUT2D eigenvalue weighted by Gasteiger charge is 2.30. The van der Waals surface area contributed by atoms with Gasteiger partial charge in [0.05, 0.1) is 0 Å². The molecule has 1 aliphatic carbocycles.